The molecule has 0 spiro atoms. The van der Waals surface area contributed by atoms with Crippen LogP contribution in [0.4, 0.5) is 8.78 Å². The Labute approximate surface area is 118 Å². The van der Waals surface area contributed by atoms with Gasteiger partial charge >= 0.3 is 11.9 Å². The van der Waals surface area contributed by atoms with Gasteiger partial charge in [-0.15, -0.1) is 0 Å². The van der Waals surface area contributed by atoms with Gasteiger partial charge in [0, 0.05) is 12.2 Å². The predicted octanol–water partition coefficient (Wildman–Crippen LogP) is 2.64. The van der Waals surface area contributed by atoms with Crippen LogP contribution in [0.1, 0.15) is 0 Å². The van der Waals surface area contributed by atoms with Crippen LogP contribution in [0.3, 0.4) is 0 Å². The second-order valence-corrected chi connectivity index (χ2v) is 3.35. The molecule has 0 N–H and O–H groups in total. The summed E-state index contributed by atoms with van der Waals surface area (Å²) >= 11 is 0. The van der Waals surface area contributed by atoms with Crippen LogP contribution in [-0.2, 0) is 14.3 Å². The summed E-state index contributed by atoms with van der Waals surface area (Å²) in [6.07, 6.45) is 3.37. The molecule has 5 nitrogen and oxygen atoms in total. The van der Waals surface area contributed by atoms with Crippen molar-refractivity contribution >= 4 is 11.9 Å². The number of rotatable bonds is 6. The highest BCUT2D eigenvalue weighted by Crippen LogP contribution is 2.27. The number of carbonyl (C=O) groups is 2. The molecule has 0 bridgehead atoms. The summed E-state index contributed by atoms with van der Waals surface area (Å²) in [5.41, 5.74) is 0. The number of halogens is 2. The van der Waals surface area contributed by atoms with Crippen molar-refractivity contribution in [3.63, 3.8) is 0 Å². The van der Waals surface area contributed by atoms with Gasteiger partial charge in [0.15, 0.2) is 11.5 Å². The Kier molecular flexibility index (Phi) is 5.81. The molecule has 1 rings (SSSR count). The second-order valence-electron chi connectivity index (χ2n) is 3.35. The van der Waals surface area contributed by atoms with E-state index in [1.165, 1.54) is 0 Å². The molecule has 0 unspecified atom stereocenters. The summed E-state index contributed by atoms with van der Waals surface area (Å²) in [4.78, 5) is 21.6. The average molecular weight is 296 g/mol. The largest absolute Gasteiger partial charge is 0.459 e. The summed E-state index contributed by atoms with van der Waals surface area (Å²) in [5.74, 6) is -5.54. The standard InChI is InChI=1S/C14H10F2O5/c1-3-11(17)20-8-7-19-9-5-6-10(14(16)13(9)15)21-12(18)4-2/h3-8H,1-2H2/b8-7-. The van der Waals surface area contributed by atoms with Gasteiger partial charge in [-0.2, -0.15) is 8.78 Å². The first-order valence-corrected chi connectivity index (χ1v) is 5.46. The minimum absolute atomic E-state index is 0.489. The molecule has 7 heteroatoms. The minimum Gasteiger partial charge on any atom is -0.459 e. The highest BCUT2D eigenvalue weighted by molar-refractivity contribution is 5.83. The van der Waals surface area contributed by atoms with Crippen LogP contribution < -0.4 is 9.47 Å². The van der Waals surface area contributed by atoms with Crippen LogP contribution in [0.2, 0.25) is 0 Å². The van der Waals surface area contributed by atoms with Crippen molar-refractivity contribution in [1.82, 2.24) is 0 Å². The summed E-state index contributed by atoms with van der Waals surface area (Å²) in [5, 5.41) is 0. The van der Waals surface area contributed by atoms with Gasteiger partial charge in [-0.05, 0) is 12.1 Å². The van der Waals surface area contributed by atoms with E-state index in [1.54, 1.807) is 0 Å². The monoisotopic (exact) mass is 296 g/mol. The fourth-order valence-corrected chi connectivity index (χ4v) is 1.08. The van der Waals surface area contributed by atoms with Gasteiger partial charge in [0.1, 0.15) is 12.5 Å². The van der Waals surface area contributed by atoms with Crippen molar-refractivity contribution in [2.45, 2.75) is 0 Å². The highest BCUT2D eigenvalue weighted by atomic mass is 19.2. The van der Waals surface area contributed by atoms with Crippen molar-refractivity contribution < 1.29 is 32.6 Å². The molecule has 0 aliphatic carbocycles. The van der Waals surface area contributed by atoms with E-state index in [0.717, 1.165) is 36.8 Å². The number of ether oxygens (including phenoxy) is 3. The van der Waals surface area contributed by atoms with Crippen molar-refractivity contribution in [2.24, 2.45) is 0 Å². The van der Waals surface area contributed by atoms with Crippen LogP contribution in [0.5, 0.6) is 11.5 Å². The van der Waals surface area contributed by atoms with Gasteiger partial charge in [0.2, 0.25) is 11.6 Å². The number of benzene rings is 1. The maximum atomic E-state index is 13.6. The molecule has 0 aliphatic heterocycles. The molecule has 0 aliphatic rings. The molecule has 0 saturated heterocycles. The zero-order valence-corrected chi connectivity index (χ0v) is 10.7. The van der Waals surface area contributed by atoms with Gasteiger partial charge in [0.05, 0.1) is 0 Å². The van der Waals surface area contributed by atoms with E-state index < -0.39 is 35.1 Å². The molecule has 21 heavy (non-hydrogen) atoms. The summed E-state index contributed by atoms with van der Waals surface area (Å²) in [7, 11) is 0. The smallest absolute Gasteiger partial charge is 0.335 e. The van der Waals surface area contributed by atoms with Gasteiger partial charge in [-0.1, -0.05) is 13.2 Å². The van der Waals surface area contributed by atoms with Crippen molar-refractivity contribution in [1.29, 1.82) is 0 Å². The zero-order chi connectivity index (χ0) is 15.8. The quantitative estimate of drug-likeness (QED) is 0.349. The van der Waals surface area contributed by atoms with Crippen LogP contribution in [0, 0.1) is 11.6 Å². The SMILES string of the molecule is C=CC(=O)O/C=C\Oc1ccc(OC(=O)C=C)c(F)c1F. The topological polar surface area (TPSA) is 61.8 Å². The Morgan fingerprint density at radius 3 is 2.14 bits per heavy atom. The summed E-state index contributed by atoms with van der Waals surface area (Å²) in [6, 6.07) is 2.03. The lowest BCUT2D eigenvalue weighted by atomic mass is 10.3. The molecular weight excluding hydrogens is 286 g/mol. The third-order valence-electron chi connectivity index (χ3n) is 1.99. The lowest BCUT2D eigenvalue weighted by Crippen LogP contribution is -2.06. The molecular formula is C14H10F2O5. The van der Waals surface area contributed by atoms with Crippen molar-refractivity contribution in [2.75, 3.05) is 0 Å². The molecule has 0 amide bonds. The minimum atomic E-state index is -1.40. The highest BCUT2D eigenvalue weighted by Gasteiger charge is 2.16. The lowest BCUT2D eigenvalue weighted by molar-refractivity contribution is -0.132. The lowest BCUT2D eigenvalue weighted by Gasteiger charge is -2.07. The van der Waals surface area contributed by atoms with Crippen molar-refractivity contribution in [3.8, 4) is 11.5 Å². The van der Waals surface area contributed by atoms with E-state index in [9.17, 15) is 18.4 Å². The molecule has 0 heterocycles. The van der Waals surface area contributed by atoms with Gasteiger partial charge in [-0.25, -0.2) is 9.59 Å². The van der Waals surface area contributed by atoms with Crippen LogP contribution in [0.15, 0.2) is 50.0 Å². The Balaban J connectivity index is 2.79. The number of carbonyl (C=O) groups excluding carboxylic acids is 2. The summed E-state index contributed by atoms with van der Waals surface area (Å²) in [6.45, 7) is 6.28. The molecule has 0 radical (unpaired) electrons. The van der Waals surface area contributed by atoms with Gasteiger partial charge in [-0.3, -0.25) is 0 Å². The van der Waals surface area contributed by atoms with E-state index in [-0.39, 0.29) is 0 Å². The molecule has 1 aromatic carbocycles. The Bertz CT molecular complexity index is 608. The van der Waals surface area contributed by atoms with E-state index in [4.69, 9.17) is 4.74 Å². The number of hydrogen-bond donors (Lipinski definition) is 0. The summed E-state index contributed by atoms with van der Waals surface area (Å²) < 4.78 is 40.8. The van der Waals surface area contributed by atoms with E-state index >= 15 is 0 Å². The maximum Gasteiger partial charge on any atom is 0.335 e. The third-order valence-corrected chi connectivity index (χ3v) is 1.99. The fourth-order valence-electron chi connectivity index (χ4n) is 1.08. The maximum absolute atomic E-state index is 13.6. The van der Waals surface area contributed by atoms with Crippen LogP contribution in [0.25, 0.3) is 0 Å². The van der Waals surface area contributed by atoms with Crippen LogP contribution in [-0.4, -0.2) is 11.9 Å². The van der Waals surface area contributed by atoms with E-state index in [2.05, 4.69) is 22.6 Å². The number of hydrogen-bond acceptors (Lipinski definition) is 5. The first-order valence-electron chi connectivity index (χ1n) is 5.46. The third kappa shape index (κ3) is 4.57. The molecule has 0 saturated carbocycles. The Hall–Kier alpha value is -2.96. The Morgan fingerprint density at radius 1 is 0.952 bits per heavy atom. The first kappa shape index (κ1) is 16.1. The van der Waals surface area contributed by atoms with E-state index in [1.807, 2.05) is 0 Å². The fraction of sp³-hybridized carbons (Fsp3) is 0. The molecule has 1 aromatic rings. The molecule has 0 aromatic heterocycles. The number of esters is 2. The van der Waals surface area contributed by atoms with Crippen molar-refractivity contribution in [3.05, 3.63) is 61.6 Å². The average Bonchev–Trinajstić information content (AvgIpc) is 2.49. The molecule has 0 fully saturated rings. The predicted molar refractivity (Wildman–Crippen MR) is 68.2 cm³/mol. The first-order chi connectivity index (χ1) is 9.99. The van der Waals surface area contributed by atoms with Crippen LogP contribution >= 0.6 is 0 Å². The molecule has 110 valence electrons. The van der Waals surface area contributed by atoms with Gasteiger partial charge < -0.3 is 14.2 Å². The second kappa shape index (κ2) is 7.59. The zero-order valence-electron chi connectivity index (χ0n) is 10.7. The normalized spacial score (nSPS) is 10.0. The van der Waals surface area contributed by atoms with E-state index in [0.29, 0.717) is 0 Å². The van der Waals surface area contributed by atoms with Gasteiger partial charge in [0.25, 0.3) is 0 Å². The molecule has 0 atom stereocenters. The Morgan fingerprint density at radius 2 is 1.52 bits per heavy atom.